The zero-order chi connectivity index (χ0) is 20.4. The number of hydrogen-bond acceptors (Lipinski definition) is 5. The third-order valence-electron chi connectivity index (χ3n) is 4.79. The first kappa shape index (κ1) is 20.2. The molecule has 5 nitrogen and oxygen atoms in total. The summed E-state index contributed by atoms with van der Waals surface area (Å²) in [5.41, 5.74) is 1.77. The fourth-order valence-corrected chi connectivity index (χ4v) is 5.81. The number of anilines is 1. The zero-order valence-electron chi connectivity index (χ0n) is 15.7. The van der Waals surface area contributed by atoms with Crippen LogP contribution in [0.5, 0.6) is 0 Å². The van der Waals surface area contributed by atoms with Gasteiger partial charge in [0.25, 0.3) is 5.56 Å². The molecule has 0 unspecified atom stereocenters. The number of benzene rings is 1. The Labute approximate surface area is 181 Å². The Balaban J connectivity index is 1.60. The molecule has 1 aliphatic rings. The third-order valence-corrected chi connectivity index (χ3v) is 7.19. The Kier molecular flexibility index (Phi) is 6.08. The molecule has 2 heterocycles. The van der Waals surface area contributed by atoms with Gasteiger partial charge in [0.05, 0.1) is 11.1 Å². The van der Waals surface area contributed by atoms with Crippen LogP contribution in [-0.2, 0) is 24.2 Å². The highest BCUT2D eigenvalue weighted by Gasteiger charge is 2.22. The van der Waals surface area contributed by atoms with E-state index >= 15 is 0 Å². The molecule has 0 aliphatic heterocycles. The molecule has 1 amide bonds. The van der Waals surface area contributed by atoms with E-state index in [1.54, 1.807) is 46.2 Å². The number of amides is 1. The van der Waals surface area contributed by atoms with Crippen molar-refractivity contribution in [2.75, 3.05) is 11.1 Å². The van der Waals surface area contributed by atoms with E-state index in [2.05, 4.69) is 11.9 Å². The van der Waals surface area contributed by atoms with E-state index in [1.807, 2.05) is 0 Å². The van der Waals surface area contributed by atoms with Crippen molar-refractivity contribution < 1.29 is 4.79 Å². The normalized spacial score (nSPS) is 13.3. The number of thiophene rings is 1. The van der Waals surface area contributed by atoms with E-state index in [-0.39, 0.29) is 17.2 Å². The summed E-state index contributed by atoms with van der Waals surface area (Å²) in [5, 5.41) is 4.67. The maximum absolute atomic E-state index is 13.2. The Hall–Kier alpha value is -2.09. The molecule has 2 aromatic heterocycles. The lowest BCUT2D eigenvalue weighted by Crippen LogP contribution is -2.24. The van der Waals surface area contributed by atoms with Crippen LogP contribution < -0.4 is 10.9 Å². The average molecular weight is 446 g/mol. The molecule has 1 aromatic carbocycles. The van der Waals surface area contributed by atoms with Gasteiger partial charge in [-0.05, 0) is 49.4 Å². The van der Waals surface area contributed by atoms with Crippen LogP contribution in [0.3, 0.4) is 0 Å². The van der Waals surface area contributed by atoms with Crippen molar-refractivity contribution in [1.82, 2.24) is 9.55 Å². The molecule has 150 valence electrons. The van der Waals surface area contributed by atoms with Crippen LogP contribution in [0, 0.1) is 0 Å². The van der Waals surface area contributed by atoms with Crippen molar-refractivity contribution in [3.05, 3.63) is 62.7 Å². The molecule has 0 saturated carbocycles. The van der Waals surface area contributed by atoms with E-state index in [0.29, 0.717) is 22.4 Å². The highest BCUT2D eigenvalue weighted by Crippen LogP contribution is 2.34. The summed E-state index contributed by atoms with van der Waals surface area (Å²) in [6.07, 6.45) is 5.91. The van der Waals surface area contributed by atoms with Crippen molar-refractivity contribution in [2.24, 2.45) is 0 Å². The largest absolute Gasteiger partial charge is 0.325 e. The highest BCUT2D eigenvalue weighted by atomic mass is 35.5. The monoisotopic (exact) mass is 445 g/mol. The van der Waals surface area contributed by atoms with Gasteiger partial charge in [0.15, 0.2) is 5.16 Å². The maximum atomic E-state index is 13.2. The quantitative estimate of drug-likeness (QED) is 0.332. The molecule has 29 heavy (non-hydrogen) atoms. The zero-order valence-corrected chi connectivity index (χ0v) is 18.1. The van der Waals surface area contributed by atoms with Gasteiger partial charge in [0.1, 0.15) is 4.83 Å². The summed E-state index contributed by atoms with van der Waals surface area (Å²) in [7, 11) is 0. The second kappa shape index (κ2) is 8.73. The van der Waals surface area contributed by atoms with E-state index in [1.165, 1.54) is 22.2 Å². The van der Waals surface area contributed by atoms with Gasteiger partial charge in [-0.1, -0.05) is 35.5 Å². The molecule has 1 aliphatic carbocycles. The van der Waals surface area contributed by atoms with Crippen LogP contribution in [0.2, 0.25) is 5.02 Å². The average Bonchev–Trinajstić information content (AvgIpc) is 3.07. The van der Waals surface area contributed by atoms with Gasteiger partial charge in [-0.3, -0.25) is 14.2 Å². The SMILES string of the molecule is C=CCn1c(SCC(=O)Nc2cccc(Cl)c2)nc2sc3c(c2c1=O)CCCC3. The van der Waals surface area contributed by atoms with E-state index in [9.17, 15) is 9.59 Å². The van der Waals surface area contributed by atoms with Gasteiger partial charge in [-0.15, -0.1) is 17.9 Å². The predicted octanol–water partition coefficient (Wildman–Crippen LogP) is 4.91. The van der Waals surface area contributed by atoms with Gasteiger partial charge < -0.3 is 5.32 Å². The Morgan fingerprint density at radius 3 is 3.00 bits per heavy atom. The predicted molar refractivity (Wildman–Crippen MR) is 122 cm³/mol. The van der Waals surface area contributed by atoms with E-state index in [4.69, 9.17) is 16.6 Å². The van der Waals surface area contributed by atoms with Crippen molar-refractivity contribution in [2.45, 2.75) is 37.4 Å². The summed E-state index contributed by atoms with van der Waals surface area (Å²) in [6, 6.07) is 7.00. The fraction of sp³-hybridized carbons (Fsp3) is 0.286. The standard InChI is InChI=1S/C21H20ClN3O2S2/c1-2-10-25-20(27)18-15-8-3-4-9-16(15)29-19(18)24-21(25)28-12-17(26)23-14-7-5-6-13(22)11-14/h2,5-7,11H,1,3-4,8-10,12H2,(H,23,26). The number of hydrogen-bond donors (Lipinski definition) is 1. The second-order valence-corrected chi connectivity index (χ2v) is 9.30. The number of fused-ring (bicyclic) bond motifs is 3. The minimum atomic E-state index is -0.178. The molecule has 8 heteroatoms. The topological polar surface area (TPSA) is 64.0 Å². The maximum Gasteiger partial charge on any atom is 0.263 e. The molecular formula is C21H20ClN3O2S2. The minimum absolute atomic E-state index is 0.0351. The first-order valence-corrected chi connectivity index (χ1v) is 11.6. The fourth-order valence-electron chi connectivity index (χ4n) is 3.51. The summed E-state index contributed by atoms with van der Waals surface area (Å²) >= 11 is 8.83. The smallest absolute Gasteiger partial charge is 0.263 e. The van der Waals surface area contributed by atoms with Gasteiger partial charge in [0.2, 0.25) is 5.91 Å². The molecule has 0 spiro atoms. The van der Waals surface area contributed by atoms with Crippen molar-refractivity contribution in [1.29, 1.82) is 0 Å². The van der Waals surface area contributed by atoms with Crippen LogP contribution in [0.15, 0.2) is 46.9 Å². The summed E-state index contributed by atoms with van der Waals surface area (Å²) in [6.45, 7) is 4.13. The number of carbonyl (C=O) groups is 1. The van der Waals surface area contributed by atoms with Crippen LogP contribution in [-0.4, -0.2) is 21.2 Å². The van der Waals surface area contributed by atoms with Gasteiger partial charge in [-0.2, -0.15) is 0 Å². The number of aromatic nitrogens is 2. The number of aryl methyl sites for hydroxylation is 2. The van der Waals surface area contributed by atoms with Crippen molar-refractivity contribution >= 4 is 56.5 Å². The Morgan fingerprint density at radius 1 is 1.38 bits per heavy atom. The summed E-state index contributed by atoms with van der Waals surface area (Å²) in [4.78, 5) is 32.4. The van der Waals surface area contributed by atoms with Crippen LogP contribution in [0.1, 0.15) is 23.3 Å². The lowest BCUT2D eigenvalue weighted by atomic mass is 9.97. The third kappa shape index (κ3) is 4.27. The van der Waals surface area contributed by atoms with Crippen LogP contribution in [0.4, 0.5) is 5.69 Å². The molecule has 0 fully saturated rings. The molecule has 0 saturated heterocycles. The lowest BCUT2D eigenvalue weighted by molar-refractivity contribution is -0.113. The van der Waals surface area contributed by atoms with Gasteiger partial charge in [0, 0.05) is 22.1 Å². The van der Waals surface area contributed by atoms with E-state index < -0.39 is 0 Å². The molecule has 1 N–H and O–H groups in total. The number of halogens is 1. The molecule has 0 bridgehead atoms. The first-order chi connectivity index (χ1) is 14.1. The highest BCUT2D eigenvalue weighted by molar-refractivity contribution is 7.99. The van der Waals surface area contributed by atoms with Crippen LogP contribution in [0.25, 0.3) is 10.2 Å². The second-order valence-electron chi connectivity index (χ2n) is 6.84. The molecule has 4 rings (SSSR count). The number of carbonyl (C=O) groups excluding carboxylic acids is 1. The van der Waals surface area contributed by atoms with Crippen molar-refractivity contribution in [3.63, 3.8) is 0 Å². The molecule has 0 atom stereocenters. The van der Waals surface area contributed by atoms with E-state index in [0.717, 1.165) is 35.9 Å². The Bertz CT molecular complexity index is 1150. The summed E-state index contributed by atoms with van der Waals surface area (Å²) < 4.78 is 1.62. The molecule has 3 aromatic rings. The first-order valence-electron chi connectivity index (χ1n) is 9.41. The minimum Gasteiger partial charge on any atom is -0.325 e. The number of nitrogens with zero attached hydrogens (tertiary/aromatic N) is 2. The van der Waals surface area contributed by atoms with Gasteiger partial charge >= 0.3 is 0 Å². The van der Waals surface area contributed by atoms with Crippen LogP contribution >= 0.6 is 34.7 Å². The number of rotatable bonds is 6. The molecular weight excluding hydrogens is 426 g/mol. The molecule has 0 radical (unpaired) electrons. The number of nitrogens with one attached hydrogen (secondary N) is 1. The Morgan fingerprint density at radius 2 is 2.21 bits per heavy atom. The van der Waals surface area contributed by atoms with Crippen molar-refractivity contribution in [3.8, 4) is 0 Å². The number of allylic oxidation sites excluding steroid dienone is 1. The number of thioether (sulfide) groups is 1. The summed E-state index contributed by atoms with van der Waals surface area (Å²) in [5.74, 6) is -0.0330. The lowest BCUT2D eigenvalue weighted by Gasteiger charge is -2.12. The van der Waals surface area contributed by atoms with Gasteiger partial charge in [-0.25, -0.2) is 4.98 Å².